The van der Waals surface area contributed by atoms with E-state index >= 15 is 0 Å². The van der Waals surface area contributed by atoms with Gasteiger partial charge in [0.1, 0.15) is 5.78 Å². The van der Waals surface area contributed by atoms with E-state index in [1.54, 1.807) is 6.08 Å². The second-order valence-corrected chi connectivity index (χ2v) is 6.72. The summed E-state index contributed by atoms with van der Waals surface area (Å²) < 4.78 is 0. The minimum Gasteiger partial charge on any atom is -0.481 e. The first-order valence-corrected chi connectivity index (χ1v) is 7.22. The molecule has 2 aliphatic carbocycles. The van der Waals surface area contributed by atoms with Crippen LogP contribution in [-0.2, 0) is 9.59 Å². The molecule has 2 rings (SSSR count). The predicted molar refractivity (Wildman–Crippen MR) is 73.6 cm³/mol. The molecule has 3 heteroatoms. The molecule has 0 saturated heterocycles. The van der Waals surface area contributed by atoms with Crippen LogP contribution in [0.15, 0.2) is 12.7 Å². The summed E-state index contributed by atoms with van der Waals surface area (Å²) in [5, 5.41) is 9.37. The zero-order valence-corrected chi connectivity index (χ0v) is 12.1. The van der Waals surface area contributed by atoms with Crippen LogP contribution in [0.1, 0.15) is 40.0 Å². The van der Waals surface area contributed by atoms with Gasteiger partial charge in [0, 0.05) is 17.8 Å². The van der Waals surface area contributed by atoms with Crippen molar-refractivity contribution in [1.29, 1.82) is 0 Å². The summed E-state index contributed by atoms with van der Waals surface area (Å²) in [6.07, 6.45) is 4.13. The van der Waals surface area contributed by atoms with Gasteiger partial charge in [-0.25, -0.2) is 0 Å². The molecule has 0 aromatic rings. The average Bonchev–Trinajstić information content (AvgIpc) is 2.35. The third-order valence-electron chi connectivity index (χ3n) is 5.77. The molecule has 0 heterocycles. The van der Waals surface area contributed by atoms with Gasteiger partial charge in [-0.2, -0.15) is 0 Å². The summed E-state index contributed by atoms with van der Waals surface area (Å²) in [6, 6.07) is 0. The number of carbonyl (C=O) groups excluding carboxylic acids is 1. The SMILES string of the molecule is C=C[C@@H]1[C@H]2C(=O)[C@@H](C)C[C@@H](C)[C@]2(C)CC[C@H]1C(=O)O. The Morgan fingerprint density at radius 2 is 2.11 bits per heavy atom. The van der Waals surface area contributed by atoms with Gasteiger partial charge >= 0.3 is 5.97 Å². The van der Waals surface area contributed by atoms with Gasteiger partial charge in [-0.15, -0.1) is 6.58 Å². The van der Waals surface area contributed by atoms with Gasteiger partial charge in [0.25, 0.3) is 0 Å². The zero-order valence-electron chi connectivity index (χ0n) is 12.1. The van der Waals surface area contributed by atoms with Crippen molar-refractivity contribution in [2.24, 2.45) is 35.0 Å². The number of allylic oxidation sites excluding steroid dienone is 1. The molecule has 0 unspecified atom stereocenters. The highest BCUT2D eigenvalue weighted by atomic mass is 16.4. The number of fused-ring (bicyclic) bond motifs is 1. The fourth-order valence-electron chi connectivity index (χ4n) is 4.36. The topological polar surface area (TPSA) is 54.4 Å². The Bertz CT molecular complexity index is 414. The number of rotatable bonds is 2. The van der Waals surface area contributed by atoms with E-state index in [4.69, 9.17) is 0 Å². The first-order chi connectivity index (χ1) is 8.82. The maximum Gasteiger partial charge on any atom is 0.307 e. The Morgan fingerprint density at radius 3 is 2.63 bits per heavy atom. The number of hydrogen-bond donors (Lipinski definition) is 1. The highest BCUT2D eigenvalue weighted by molar-refractivity contribution is 5.86. The van der Waals surface area contributed by atoms with Crippen LogP contribution in [-0.4, -0.2) is 16.9 Å². The van der Waals surface area contributed by atoms with Gasteiger partial charge in [-0.1, -0.05) is 26.8 Å². The van der Waals surface area contributed by atoms with Crippen molar-refractivity contribution in [1.82, 2.24) is 0 Å². The molecule has 0 bridgehead atoms. The molecule has 2 fully saturated rings. The van der Waals surface area contributed by atoms with Gasteiger partial charge in [0.05, 0.1) is 5.92 Å². The van der Waals surface area contributed by atoms with E-state index in [0.717, 1.165) is 12.8 Å². The van der Waals surface area contributed by atoms with E-state index in [9.17, 15) is 14.7 Å². The minimum absolute atomic E-state index is 0.0445. The van der Waals surface area contributed by atoms with Gasteiger partial charge in [-0.05, 0) is 30.6 Å². The van der Waals surface area contributed by atoms with Gasteiger partial charge < -0.3 is 5.11 Å². The smallest absolute Gasteiger partial charge is 0.307 e. The molecule has 0 radical (unpaired) electrons. The fraction of sp³-hybridized carbons (Fsp3) is 0.750. The molecule has 0 spiro atoms. The standard InChI is InChI=1S/C16H24O3/c1-5-11-12(15(18)19)6-7-16(4)10(3)8-9(2)14(17)13(11)16/h5,9-13H,1,6-8H2,2-4H3,(H,18,19)/t9-,10+,11-,12+,13-,16-/m0/s1. The van der Waals surface area contributed by atoms with Gasteiger partial charge in [0.15, 0.2) is 0 Å². The van der Waals surface area contributed by atoms with Crippen LogP contribution >= 0.6 is 0 Å². The maximum absolute atomic E-state index is 12.6. The van der Waals surface area contributed by atoms with Crippen molar-refractivity contribution in [3.63, 3.8) is 0 Å². The minimum atomic E-state index is -0.786. The fourth-order valence-corrected chi connectivity index (χ4v) is 4.36. The Labute approximate surface area is 115 Å². The Balaban J connectivity index is 2.43. The summed E-state index contributed by atoms with van der Waals surface area (Å²) in [5.74, 6) is -0.864. The van der Waals surface area contributed by atoms with Crippen molar-refractivity contribution in [2.75, 3.05) is 0 Å². The molecular weight excluding hydrogens is 240 g/mol. The summed E-state index contributed by atoms with van der Waals surface area (Å²) in [7, 11) is 0. The maximum atomic E-state index is 12.6. The Kier molecular flexibility index (Phi) is 3.59. The lowest BCUT2D eigenvalue weighted by atomic mass is 9.49. The third-order valence-corrected chi connectivity index (χ3v) is 5.77. The molecule has 0 aromatic carbocycles. The molecule has 2 aliphatic rings. The molecule has 2 saturated carbocycles. The molecule has 106 valence electrons. The van der Waals surface area contributed by atoms with E-state index < -0.39 is 11.9 Å². The molecule has 0 aliphatic heterocycles. The number of aliphatic carboxylic acids is 1. The van der Waals surface area contributed by atoms with Crippen LogP contribution < -0.4 is 0 Å². The number of ketones is 1. The normalized spacial score (nSPS) is 46.5. The second-order valence-electron chi connectivity index (χ2n) is 6.72. The zero-order chi connectivity index (χ0) is 14.4. The van der Waals surface area contributed by atoms with E-state index in [2.05, 4.69) is 20.4 Å². The highest BCUT2D eigenvalue weighted by Gasteiger charge is 2.56. The monoisotopic (exact) mass is 264 g/mol. The summed E-state index contributed by atoms with van der Waals surface area (Å²) in [5.41, 5.74) is -0.0611. The highest BCUT2D eigenvalue weighted by Crippen LogP contribution is 2.56. The molecule has 0 amide bonds. The Hall–Kier alpha value is -1.12. The first-order valence-electron chi connectivity index (χ1n) is 7.22. The summed E-state index contributed by atoms with van der Waals surface area (Å²) in [4.78, 5) is 24.0. The number of carboxylic acids is 1. The van der Waals surface area contributed by atoms with Crippen molar-refractivity contribution in [3.8, 4) is 0 Å². The van der Waals surface area contributed by atoms with E-state index in [1.165, 1.54) is 0 Å². The lowest BCUT2D eigenvalue weighted by Crippen LogP contribution is -2.54. The van der Waals surface area contributed by atoms with Crippen LogP contribution in [0.4, 0.5) is 0 Å². The number of carboxylic acid groups (broad SMARTS) is 1. The van der Waals surface area contributed by atoms with Crippen LogP contribution in [0.5, 0.6) is 0 Å². The van der Waals surface area contributed by atoms with Crippen LogP contribution in [0.25, 0.3) is 0 Å². The van der Waals surface area contributed by atoms with Gasteiger partial charge in [0.2, 0.25) is 0 Å². The molecule has 6 atom stereocenters. The lowest BCUT2D eigenvalue weighted by Gasteiger charge is -2.54. The second kappa shape index (κ2) is 4.77. The van der Waals surface area contributed by atoms with Crippen molar-refractivity contribution >= 4 is 11.8 Å². The predicted octanol–water partition coefficient (Wildman–Crippen LogP) is 3.15. The molecular formula is C16H24O3. The van der Waals surface area contributed by atoms with E-state index in [1.807, 2.05) is 6.92 Å². The molecule has 1 N–H and O–H groups in total. The lowest BCUT2D eigenvalue weighted by molar-refractivity contribution is -0.157. The Morgan fingerprint density at radius 1 is 1.47 bits per heavy atom. The summed E-state index contributed by atoms with van der Waals surface area (Å²) >= 11 is 0. The van der Waals surface area contributed by atoms with E-state index in [-0.39, 0.29) is 29.0 Å². The van der Waals surface area contributed by atoms with Gasteiger partial charge in [-0.3, -0.25) is 9.59 Å². The molecule has 3 nitrogen and oxygen atoms in total. The van der Waals surface area contributed by atoms with Crippen LogP contribution in [0, 0.1) is 35.0 Å². The summed E-state index contributed by atoms with van der Waals surface area (Å²) in [6.45, 7) is 10.2. The molecule has 19 heavy (non-hydrogen) atoms. The average molecular weight is 264 g/mol. The van der Waals surface area contributed by atoms with Crippen molar-refractivity contribution in [3.05, 3.63) is 12.7 Å². The quantitative estimate of drug-likeness (QED) is 0.779. The third kappa shape index (κ3) is 2.03. The van der Waals surface area contributed by atoms with Crippen LogP contribution in [0.2, 0.25) is 0 Å². The first kappa shape index (κ1) is 14.3. The van der Waals surface area contributed by atoms with Crippen LogP contribution in [0.3, 0.4) is 0 Å². The molecule has 0 aromatic heterocycles. The largest absolute Gasteiger partial charge is 0.481 e. The van der Waals surface area contributed by atoms with Crippen molar-refractivity contribution in [2.45, 2.75) is 40.0 Å². The number of carbonyl (C=O) groups is 2. The van der Waals surface area contributed by atoms with E-state index in [0.29, 0.717) is 12.3 Å². The number of Topliss-reactive ketones (excluding diaryl/α,β-unsaturated/α-hetero) is 1. The number of hydrogen-bond acceptors (Lipinski definition) is 2. The van der Waals surface area contributed by atoms with Crippen molar-refractivity contribution < 1.29 is 14.7 Å².